The number of ether oxygens (including phenoxy) is 1. The number of para-hydroxylation sites is 1. The number of hydrogen-bond donors (Lipinski definition) is 1. The van der Waals surface area contributed by atoms with E-state index in [1.165, 1.54) is 5.56 Å². The van der Waals surface area contributed by atoms with E-state index < -0.39 is 0 Å². The van der Waals surface area contributed by atoms with Gasteiger partial charge in [-0.25, -0.2) is 0 Å². The molecule has 1 aliphatic rings. The zero-order chi connectivity index (χ0) is 18.7. The summed E-state index contributed by atoms with van der Waals surface area (Å²) < 4.78 is 5.90. The molecule has 0 saturated heterocycles. The van der Waals surface area contributed by atoms with Gasteiger partial charge in [0.15, 0.2) is 11.5 Å². The number of fused-ring (bicyclic) bond motifs is 1. The lowest BCUT2D eigenvalue weighted by Crippen LogP contribution is -2.32. The SMILES string of the molecule is COc1cc2c(c(Br)c1O)CN(CCCc1ccccc1[N+](=O)[O-])CC2. The maximum absolute atomic E-state index is 11.1. The van der Waals surface area contributed by atoms with Crippen LogP contribution >= 0.6 is 15.9 Å². The van der Waals surface area contributed by atoms with E-state index in [2.05, 4.69) is 20.8 Å². The number of nitro benzene ring substituents is 1. The Morgan fingerprint density at radius 3 is 2.88 bits per heavy atom. The molecule has 0 atom stereocenters. The van der Waals surface area contributed by atoms with Gasteiger partial charge in [-0.1, -0.05) is 18.2 Å². The van der Waals surface area contributed by atoms with Crippen LogP contribution in [0.2, 0.25) is 0 Å². The quantitative estimate of drug-likeness (QED) is 0.563. The van der Waals surface area contributed by atoms with Gasteiger partial charge in [0, 0.05) is 24.7 Å². The number of phenolic OH excluding ortho intramolecular Hbond substituents is 1. The third-order valence-electron chi connectivity index (χ3n) is 4.81. The molecule has 6 nitrogen and oxygen atoms in total. The molecule has 0 aliphatic carbocycles. The van der Waals surface area contributed by atoms with Crippen molar-refractivity contribution in [1.29, 1.82) is 0 Å². The summed E-state index contributed by atoms with van der Waals surface area (Å²) >= 11 is 3.48. The van der Waals surface area contributed by atoms with E-state index in [9.17, 15) is 15.2 Å². The first-order valence-electron chi connectivity index (χ1n) is 8.53. The largest absolute Gasteiger partial charge is 0.503 e. The Labute approximate surface area is 160 Å². The minimum absolute atomic E-state index is 0.132. The Hall–Kier alpha value is -2.12. The van der Waals surface area contributed by atoms with Gasteiger partial charge in [-0.05, 0) is 58.9 Å². The number of methoxy groups -OCH3 is 1. The number of aryl methyl sites for hydroxylation is 1. The fourth-order valence-corrected chi connectivity index (χ4v) is 4.00. The molecule has 0 bridgehead atoms. The summed E-state index contributed by atoms with van der Waals surface area (Å²) in [5, 5.41) is 21.3. The molecule has 1 heterocycles. The number of nitrogens with zero attached hydrogens (tertiary/aromatic N) is 2. The average molecular weight is 421 g/mol. The van der Waals surface area contributed by atoms with E-state index >= 15 is 0 Å². The molecule has 3 rings (SSSR count). The van der Waals surface area contributed by atoms with Crippen LogP contribution in [0, 0.1) is 10.1 Å². The monoisotopic (exact) mass is 420 g/mol. The van der Waals surface area contributed by atoms with Crippen molar-refractivity contribution in [3.05, 3.63) is 61.6 Å². The van der Waals surface area contributed by atoms with Crippen molar-refractivity contribution in [2.75, 3.05) is 20.2 Å². The van der Waals surface area contributed by atoms with Gasteiger partial charge in [0.1, 0.15) is 0 Å². The van der Waals surface area contributed by atoms with Crippen LogP contribution in [-0.2, 0) is 19.4 Å². The third kappa shape index (κ3) is 3.83. The second kappa shape index (κ2) is 8.05. The number of benzene rings is 2. The molecule has 1 aliphatic heterocycles. The first-order valence-corrected chi connectivity index (χ1v) is 9.32. The zero-order valence-corrected chi connectivity index (χ0v) is 16.2. The van der Waals surface area contributed by atoms with E-state index in [1.54, 1.807) is 19.2 Å². The second-order valence-corrected chi connectivity index (χ2v) is 7.19. The Morgan fingerprint density at radius 2 is 2.15 bits per heavy atom. The second-order valence-electron chi connectivity index (χ2n) is 6.39. The highest BCUT2D eigenvalue weighted by Gasteiger charge is 2.23. The third-order valence-corrected chi connectivity index (χ3v) is 5.66. The Morgan fingerprint density at radius 1 is 1.38 bits per heavy atom. The molecule has 0 spiro atoms. The molecule has 7 heteroatoms. The average Bonchev–Trinajstić information content (AvgIpc) is 2.65. The lowest BCUT2D eigenvalue weighted by Gasteiger charge is -2.30. The molecule has 2 aromatic carbocycles. The summed E-state index contributed by atoms with van der Waals surface area (Å²) in [5.41, 5.74) is 3.23. The van der Waals surface area contributed by atoms with Gasteiger partial charge < -0.3 is 9.84 Å². The van der Waals surface area contributed by atoms with E-state index in [4.69, 9.17) is 4.74 Å². The van der Waals surface area contributed by atoms with Crippen LogP contribution in [0.4, 0.5) is 5.69 Å². The molecule has 1 N–H and O–H groups in total. The Balaban J connectivity index is 1.64. The summed E-state index contributed by atoms with van der Waals surface area (Å²) in [6.07, 6.45) is 2.41. The standard InChI is InChI=1S/C19H21BrN2O4/c1-26-17-11-14-8-10-21(12-15(14)18(20)19(17)23)9-4-6-13-5-2-3-7-16(13)22(24)25/h2-3,5,7,11,23H,4,6,8-10,12H2,1H3. The van der Waals surface area contributed by atoms with Crippen LogP contribution in [0.5, 0.6) is 11.5 Å². The predicted octanol–water partition coefficient (Wildman–Crippen LogP) is 4.06. The van der Waals surface area contributed by atoms with Crippen LogP contribution in [-0.4, -0.2) is 35.1 Å². The van der Waals surface area contributed by atoms with Gasteiger partial charge in [-0.3, -0.25) is 15.0 Å². The fraction of sp³-hybridized carbons (Fsp3) is 0.368. The van der Waals surface area contributed by atoms with Crippen molar-refractivity contribution in [3.8, 4) is 11.5 Å². The number of aromatic hydroxyl groups is 1. The topological polar surface area (TPSA) is 75.8 Å². The highest BCUT2D eigenvalue weighted by Crippen LogP contribution is 2.40. The van der Waals surface area contributed by atoms with Crippen LogP contribution < -0.4 is 4.74 Å². The number of phenols is 1. The summed E-state index contributed by atoms with van der Waals surface area (Å²) in [6, 6.07) is 8.82. The maximum Gasteiger partial charge on any atom is 0.272 e. The first kappa shape index (κ1) is 18.7. The summed E-state index contributed by atoms with van der Waals surface area (Å²) in [7, 11) is 1.55. The highest BCUT2D eigenvalue weighted by atomic mass is 79.9. The normalized spacial score (nSPS) is 14.1. The Kier molecular flexibility index (Phi) is 5.78. The minimum Gasteiger partial charge on any atom is -0.503 e. The number of halogens is 1. The Bertz CT molecular complexity index is 825. The molecule has 0 radical (unpaired) electrons. The summed E-state index contributed by atoms with van der Waals surface area (Å²) in [5.74, 6) is 0.619. The van der Waals surface area contributed by atoms with Gasteiger partial charge >= 0.3 is 0 Å². The van der Waals surface area contributed by atoms with Gasteiger partial charge in [0.2, 0.25) is 0 Å². The van der Waals surface area contributed by atoms with Crippen molar-refractivity contribution in [1.82, 2.24) is 4.90 Å². The molecular weight excluding hydrogens is 400 g/mol. The molecule has 0 amide bonds. The number of hydrogen-bond acceptors (Lipinski definition) is 5. The van der Waals surface area contributed by atoms with E-state index in [-0.39, 0.29) is 16.4 Å². The van der Waals surface area contributed by atoms with E-state index in [0.717, 1.165) is 43.6 Å². The lowest BCUT2D eigenvalue weighted by molar-refractivity contribution is -0.385. The molecular formula is C19H21BrN2O4. The van der Waals surface area contributed by atoms with Gasteiger partial charge in [-0.2, -0.15) is 0 Å². The van der Waals surface area contributed by atoms with Crippen LogP contribution in [0.3, 0.4) is 0 Å². The molecule has 26 heavy (non-hydrogen) atoms. The van der Waals surface area contributed by atoms with Crippen molar-refractivity contribution in [3.63, 3.8) is 0 Å². The van der Waals surface area contributed by atoms with Crippen LogP contribution in [0.1, 0.15) is 23.1 Å². The smallest absolute Gasteiger partial charge is 0.272 e. The zero-order valence-electron chi connectivity index (χ0n) is 14.6. The molecule has 0 unspecified atom stereocenters. The molecule has 2 aromatic rings. The van der Waals surface area contributed by atoms with Crippen molar-refractivity contribution < 1.29 is 14.8 Å². The molecule has 0 saturated carbocycles. The van der Waals surface area contributed by atoms with Crippen LogP contribution in [0.25, 0.3) is 0 Å². The van der Waals surface area contributed by atoms with Gasteiger partial charge in [0.05, 0.1) is 16.5 Å². The van der Waals surface area contributed by atoms with Crippen LogP contribution in [0.15, 0.2) is 34.8 Å². The molecule has 138 valence electrons. The van der Waals surface area contributed by atoms with Crippen molar-refractivity contribution in [2.24, 2.45) is 0 Å². The summed E-state index contributed by atoms with van der Waals surface area (Å²) in [6.45, 7) is 2.51. The predicted molar refractivity (Wildman–Crippen MR) is 103 cm³/mol. The maximum atomic E-state index is 11.1. The molecule has 0 aromatic heterocycles. The van der Waals surface area contributed by atoms with Crippen molar-refractivity contribution >= 4 is 21.6 Å². The lowest BCUT2D eigenvalue weighted by atomic mass is 9.98. The van der Waals surface area contributed by atoms with Crippen molar-refractivity contribution in [2.45, 2.75) is 25.8 Å². The van der Waals surface area contributed by atoms with E-state index in [0.29, 0.717) is 16.6 Å². The number of nitro groups is 1. The minimum atomic E-state index is -0.320. The summed E-state index contributed by atoms with van der Waals surface area (Å²) in [4.78, 5) is 13.1. The highest BCUT2D eigenvalue weighted by molar-refractivity contribution is 9.10. The van der Waals surface area contributed by atoms with E-state index in [1.807, 2.05) is 18.2 Å². The molecule has 0 fully saturated rings. The number of rotatable bonds is 6. The van der Waals surface area contributed by atoms with Gasteiger partial charge in [0.25, 0.3) is 5.69 Å². The van der Waals surface area contributed by atoms with Gasteiger partial charge in [-0.15, -0.1) is 0 Å². The first-order chi connectivity index (χ1) is 12.5. The fourth-order valence-electron chi connectivity index (χ4n) is 3.42.